The summed E-state index contributed by atoms with van der Waals surface area (Å²) < 4.78 is 10.8. The third-order valence-electron chi connectivity index (χ3n) is 19.7. The standard InChI is InChI=1S/C82H162O5/c1-3-5-7-9-11-13-15-17-19-21-23-25-27-29-31-33-35-37-39-40-41-43-45-47-49-51-53-55-57-59-61-63-65-67-69-71-73-75-77-82(85)87-80(78-83)79-86-81(84)76-74-72-70-68-66-64-62-60-58-56-54-52-50-48-46-44-42-38-36-34-32-30-28-26-24-22-20-18-16-14-12-10-8-6-4-2/h80,83H,3-79H2,1-2H3. The highest BCUT2D eigenvalue weighted by Gasteiger charge is 2.16. The third kappa shape index (κ3) is 77.3. The van der Waals surface area contributed by atoms with Gasteiger partial charge in [0.05, 0.1) is 6.61 Å². The van der Waals surface area contributed by atoms with Crippen LogP contribution in [0.25, 0.3) is 0 Å². The second-order valence-electron chi connectivity index (χ2n) is 28.6. The van der Waals surface area contributed by atoms with Gasteiger partial charge < -0.3 is 14.6 Å². The lowest BCUT2D eigenvalue weighted by Crippen LogP contribution is -2.28. The fraction of sp³-hybridized carbons (Fsp3) is 0.976. The van der Waals surface area contributed by atoms with E-state index in [1.165, 1.54) is 437 Å². The normalized spacial score (nSPS) is 12.0. The molecule has 0 spiro atoms. The molecule has 0 aromatic rings. The lowest BCUT2D eigenvalue weighted by molar-refractivity contribution is -0.161. The second kappa shape index (κ2) is 79.1. The minimum absolute atomic E-state index is 0.0551. The molecule has 0 aromatic carbocycles. The average Bonchev–Trinajstić information content (AvgIpc) is 3.53. The number of hydrogen-bond acceptors (Lipinski definition) is 5. The van der Waals surface area contributed by atoms with E-state index in [2.05, 4.69) is 13.8 Å². The monoisotopic (exact) mass is 1230 g/mol. The molecule has 0 saturated carbocycles. The number of hydrogen-bond donors (Lipinski definition) is 1. The van der Waals surface area contributed by atoms with Gasteiger partial charge in [-0.05, 0) is 12.8 Å². The van der Waals surface area contributed by atoms with Crippen LogP contribution >= 0.6 is 0 Å². The lowest BCUT2D eigenvalue weighted by atomic mass is 10.0. The van der Waals surface area contributed by atoms with Crippen molar-refractivity contribution in [2.45, 2.75) is 502 Å². The van der Waals surface area contributed by atoms with Crippen LogP contribution in [-0.4, -0.2) is 36.4 Å². The molecule has 0 aliphatic rings. The number of aliphatic hydroxyl groups excluding tert-OH is 1. The van der Waals surface area contributed by atoms with E-state index >= 15 is 0 Å². The Kier molecular flexibility index (Phi) is 78.1. The number of aliphatic hydroxyl groups is 1. The van der Waals surface area contributed by atoms with Gasteiger partial charge in [0, 0.05) is 12.8 Å². The molecule has 5 heteroatoms. The Morgan fingerprint density at radius 1 is 0.218 bits per heavy atom. The molecule has 0 saturated heterocycles. The van der Waals surface area contributed by atoms with E-state index in [1.54, 1.807) is 0 Å². The van der Waals surface area contributed by atoms with Gasteiger partial charge in [-0.15, -0.1) is 0 Å². The van der Waals surface area contributed by atoms with Crippen LogP contribution in [0.4, 0.5) is 0 Å². The minimum atomic E-state index is -0.767. The maximum absolute atomic E-state index is 12.4. The van der Waals surface area contributed by atoms with E-state index in [1.807, 2.05) is 0 Å². The van der Waals surface area contributed by atoms with E-state index in [0.717, 1.165) is 32.1 Å². The Morgan fingerprint density at radius 2 is 0.356 bits per heavy atom. The Balaban J connectivity index is 3.32. The van der Waals surface area contributed by atoms with E-state index in [0.29, 0.717) is 12.8 Å². The van der Waals surface area contributed by atoms with Crippen molar-refractivity contribution in [1.29, 1.82) is 0 Å². The molecule has 0 aliphatic carbocycles. The molecule has 0 amide bonds. The lowest BCUT2D eigenvalue weighted by Gasteiger charge is -2.15. The summed E-state index contributed by atoms with van der Waals surface area (Å²) in [5, 5.41) is 9.73. The molecule has 1 atom stereocenters. The van der Waals surface area contributed by atoms with Gasteiger partial charge in [0.25, 0.3) is 0 Å². The van der Waals surface area contributed by atoms with Crippen LogP contribution in [0.3, 0.4) is 0 Å². The maximum atomic E-state index is 12.4. The first-order chi connectivity index (χ1) is 43.1. The van der Waals surface area contributed by atoms with Gasteiger partial charge in [0.1, 0.15) is 6.61 Å². The zero-order chi connectivity index (χ0) is 62.6. The van der Waals surface area contributed by atoms with Gasteiger partial charge in [-0.2, -0.15) is 0 Å². The summed E-state index contributed by atoms with van der Waals surface area (Å²) in [6.07, 6.45) is 102. The van der Waals surface area contributed by atoms with E-state index < -0.39 is 6.10 Å². The molecule has 0 radical (unpaired) electrons. The van der Waals surface area contributed by atoms with Gasteiger partial charge in [-0.3, -0.25) is 9.59 Å². The van der Waals surface area contributed by atoms with Crippen LogP contribution in [-0.2, 0) is 19.1 Å². The van der Waals surface area contributed by atoms with Gasteiger partial charge in [-0.25, -0.2) is 0 Å². The van der Waals surface area contributed by atoms with Crippen molar-refractivity contribution >= 4 is 11.9 Å². The number of ether oxygens (including phenoxy) is 2. The first-order valence-corrected chi connectivity index (χ1v) is 41.1. The molecule has 1 unspecified atom stereocenters. The number of esters is 2. The van der Waals surface area contributed by atoms with Crippen molar-refractivity contribution in [2.75, 3.05) is 13.2 Å². The molecule has 0 aliphatic heterocycles. The summed E-state index contributed by atoms with van der Waals surface area (Å²) in [6, 6.07) is 0. The SMILES string of the molecule is CCCCCCCCCCCCCCCCCCCCCCCCCCCCCCCCCCCCCCCCC(=O)OC(CO)COC(=O)CCCCCCCCCCCCCCCCCCCCCCCCCCCCCCCCCCCCC. The van der Waals surface area contributed by atoms with E-state index in [-0.39, 0.29) is 25.2 Å². The minimum Gasteiger partial charge on any atom is -0.462 e. The van der Waals surface area contributed by atoms with Crippen LogP contribution in [0.1, 0.15) is 495 Å². The summed E-state index contributed by atoms with van der Waals surface area (Å²) >= 11 is 0. The molecule has 0 aromatic heterocycles. The first-order valence-electron chi connectivity index (χ1n) is 41.1. The van der Waals surface area contributed by atoms with Crippen molar-refractivity contribution in [2.24, 2.45) is 0 Å². The van der Waals surface area contributed by atoms with Crippen LogP contribution in [0.5, 0.6) is 0 Å². The fourth-order valence-electron chi connectivity index (χ4n) is 13.5. The molecular weight excluding hydrogens is 1060 g/mol. The van der Waals surface area contributed by atoms with Gasteiger partial charge in [-0.1, -0.05) is 470 Å². The summed E-state index contributed by atoms with van der Waals surface area (Å²) in [4.78, 5) is 24.7. The summed E-state index contributed by atoms with van der Waals surface area (Å²) in [5.74, 6) is -0.555. The van der Waals surface area contributed by atoms with Crippen LogP contribution in [0.2, 0.25) is 0 Å². The highest BCUT2D eigenvalue weighted by molar-refractivity contribution is 5.70. The largest absolute Gasteiger partial charge is 0.462 e. The van der Waals surface area contributed by atoms with Crippen molar-refractivity contribution < 1.29 is 24.2 Å². The van der Waals surface area contributed by atoms with Gasteiger partial charge in [0.2, 0.25) is 0 Å². The molecule has 0 rings (SSSR count). The van der Waals surface area contributed by atoms with Gasteiger partial charge in [0.15, 0.2) is 6.10 Å². The summed E-state index contributed by atoms with van der Waals surface area (Å²) in [6.45, 7) is 4.24. The van der Waals surface area contributed by atoms with Crippen molar-refractivity contribution in [3.8, 4) is 0 Å². The molecule has 520 valence electrons. The number of carbonyl (C=O) groups is 2. The van der Waals surface area contributed by atoms with E-state index in [9.17, 15) is 14.7 Å². The zero-order valence-corrected chi connectivity index (χ0v) is 60.1. The van der Waals surface area contributed by atoms with E-state index in [4.69, 9.17) is 9.47 Å². The summed E-state index contributed by atoms with van der Waals surface area (Å²) in [7, 11) is 0. The predicted molar refractivity (Wildman–Crippen MR) is 386 cm³/mol. The maximum Gasteiger partial charge on any atom is 0.306 e. The van der Waals surface area contributed by atoms with Crippen molar-refractivity contribution in [3.05, 3.63) is 0 Å². The van der Waals surface area contributed by atoms with Crippen LogP contribution in [0, 0.1) is 0 Å². The summed E-state index contributed by atoms with van der Waals surface area (Å²) in [5.41, 5.74) is 0. The second-order valence-corrected chi connectivity index (χ2v) is 28.6. The third-order valence-corrected chi connectivity index (χ3v) is 19.7. The zero-order valence-electron chi connectivity index (χ0n) is 60.1. The highest BCUT2D eigenvalue weighted by atomic mass is 16.6. The average molecular weight is 1230 g/mol. The van der Waals surface area contributed by atoms with Gasteiger partial charge >= 0.3 is 11.9 Å². The Bertz CT molecular complexity index is 1250. The Hall–Kier alpha value is -1.10. The van der Waals surface area contributed by atoms with Crippen LogP contribution < -0.4 is 0 Å². The quantitative estimate of drug-likeness (QED) is 0.0485. The molecule has 87 heavy (non-hydrogen) atoms. The molecule has 0 heterocycles. The smallest absolute Gasteiger partial charge is 0.306 e. The number of rotatable bonds is 79. The van der Waals surface area contributed by atoms with Crippen molar-refractivity contribution in [1.82, 2.24) is 0 Å². The predicted octanol–water partition coefficient (Wildman–Crippen LogP) is 28.7. The Labute approximate surface area is 548 Å². The molecule has 0 bridgehead atoms. The van der Waals surface area contributed by atoms with Crippen molar-refractivity contribution in [3.63, 3.8) is 0 Å². The Morgan fingerprint density at radius 3 is 0.506 bits per heavy atom. The molecular formula is C82H162O5. The fourth-order valence-corrected chi connectivity index (χ4v) is 13.5. The number of carbonyl (C=O) groups excluding carboxylic acids is 2. The van der Waals surface area contributed by atoms with Crippen LogP contribution in [0.15, 0.2) is 0 Å². The molecule has 1 N–H and O–H groups in total. The molecule has 0 fully saturated rings. The molecule has 5 nitrogen and oxygen atoms in total. The topological polar surface area (TPSA) is 72.8 Å². The highest BCUT2D eigenvalue weighted by Crippen LogP contribution is 2.21. The number of unbranched alkanes of at least 4 members (excludes halogenated alkanes) is 71. The first kappa shape index (κ1) is 85.9.